The van der Waals surface area contributed by atoms with E-state index in [4.69, 9.17) is 4.74 Å². The zero-order valence-corrected chi connectivity index (χ0v) is 18.3. The lowest BCUT2D eigenvalue weighted by Crippen LogP contribution is -2.13. The van der Waals surface area contributed by atoms with Gasteiger partial charge >= 0.3 is 0 Å². The molecule has 0 fully saturated rings. The molecule has 0 unspecified atom stereocenters. The Morgan fingerprint density at radius 2 is 1.56 bits per heavy atom. The lowest BCUT2D eigenvalue weighted by molar-refractivity contribution is 0.102. The molecule has 0 bridgehead atoms. The number of methoxy groups -OCH3 is 1. The fourth-order valence-electron chi connectivity index (χ4n) is 2.99. The second-order valence-corrected chi connectivity index (χ2v) is 7.97. The molecular weight excluding hydrogens is 424 g/mol. The summed E-state index contributed by atoms with van der Waals surface area (Å²) < 4.78 is 5.16. The van der Waals surface area contributed by atoms with Gasteiger partial charge < -0.3 is 10.1 Å². The van der Waals surface area contributed by atoms with Crippen LogP contribution in [0.25, 0.3) is 10.6 Å². The van der Waals surface area contributed by atoms with Crippen LogP contribution in [-0.4, -0.2) is 29.1 Å². The molecule has 1 heterocycles. The van der Waals surface area contributed by atoms with Crippen LogP contribution in [0.3, 0.4) is 0 Å². The molecule has 0 aliphatic carbocycles. The van der Waals surface area contributed by atoms with Gasteiger partial charge in [0.25, 0.3) is 11.8 Å². The van der Waals surface area contributed by atoms with Crippen LogP contribution in [0.5, 0.6) is 5.75 Å². The van der Waals surface area contributed by atoms with Crippen LogP contribution in [0, 0.1) is 6.92 Å². The zero-order valence-electron chi connectivity index (χ0n) is 17.5. The van der Waals surface area contributed by atoms with Gasteiger partial charge in [-0.25, -0.2) is 0 Å². The number of nitrogens with zero attached hydrogens (tertiary/aromatic N) is 2. The van der Waals surface area contributed by atoms with Crippen molar-refractivity contribution >= 4 is 34.0 Å². The highest BCUT2D eigenvalue weighted by Crippen LogP contribution is 2.28. The topological polar surface area (TPSA) is 93.2 Å². The summed E-state index contributed by atoms with van der Waals surface area (Å²) in [4.78, 5) is 24.9. The van der Waals surface area contributed by atoms with Gasteiger partial charge in [-0.15, -0.1) is 10.2 Å². The van der Waals surface area contributed by atoms with Crippen LogP contribution in [-0.2, 0) is 0 Å². The third-order valence-corrected chi connectivity index (χ3v) is 5.56. The number of carbonyl (C=O) groups is 2. The molecule has 32 heavy (non-hydrogen) atoms. The molecule has 2 amide bonds. The maximum atomic E-state index is 12.6. The number of hydrogen-bond donors (Lipinski definition) is 2. The smallest absolute Gasteiger partial charge is 0.257 e. The Balaban J connectivity index is 1.38. The molecular formula is C24H20N4O3S. The molecule has 3 aromatic carbocycles. The van der Waals surface area contributed by atoms with Crippen molar-refractivity contribution < 1.29 is 14.3 Å². The van der Waals surface area contributed by atoms with E-state index in [0.29, 0.717) is 27.0 Å². The van der Waals surface area contributed by atoms with E-state index in [1.807, 2.05) is 49.4 Å². The van der Waals surface area contributed by atoms with Crippen molar-refractivity contribution in [1.29, 1.82) is 0 Å². The first-order valence-corrected chi connectivity index (χ1v) is 10.6. The number of aryl methyl sites for hydroxylation is 1. The average molecular weight is 445 g/mol. The van der Waals surface area contributed by atoms with E-state index in [1.165, 1.54) is 11.3 Å². The maximum absolute atomic E-state index is 12.6. The van der Waals surface area contributed by atoms with E-state index in [2.05, 4.69) is 20.8 Å². The van der Waals surface area contributed by atoms with Crippen LogP contribution in [0.15, 0.2) is 72.8 Å². The SMILES string of the molecule is COc1ccc(-c2nnc(NC(=O)c3ccc(NC(=O)c4cccc(C)c4)cc3)s2)cc1. The molecule has 0 saturated heterocycles. The average Bonchev–Trinajstić information content (AvgIpc) is 3.28. The molecule has 1 aromatic heterocycles. The molecule has 0 atom stereocenters. The molecule has 7 nitrogen and oxygen atoms in total. The predicted molar refractivity (Wildman–Crippen MR) is 125 cm³/mol. The number of benzene rings is 3. The number of hydrogen-bond acceptors (Lipinski definition) is 6. The molecule has 160 valence electrons. The van der Waals surface area contributed by atoms with Gasteiger partial charge in [0.2, 0.25) is 5.13 Å². The Morgan fingerprint density at radius 1 is 0.844 bits per heavy atom. The molecule has 8 heteroatoms. The fourth-order valence-corrected chi connectivity index (χ4v) is 3.73. The van der Waals surface area contributed by atoms with Crippen molar-refractivity contribution in [2.45, 2.75) is 6.92 Å². The van der Waals surface area contributed by atoms with Crippen LogP contribution in [0.2, 0.25) is 0 Å². The minimum absolute atomic E-state index is 0.203. The van der Waals surface area contributed by atoms with Gasteiger partial charge in [-0.05, 0) is 67.6 Å². The Labute approximate surface area is 189 Å². The lowest BCUT2D eigenvalue weighted by atomic mass is 10.1. The van der Waals surface area contributed by atoms with Gasteiger partial charge in [-0.3, -0.25) is 14.9 Å². The first-order chi connectivity index (χ1) is 15.5. The summed E-state index contributed by atoms with van der Waals surface area (Å²) in [5.74, 6) is 0.245. The summed E-state index contributed by atoms with van der Waals surface area (Å²) in [6.45, 7) is 1.93. The monoisotopic (exact) mass is 444 g/mol. The van der Waals surface area contributed by atoms with Crippen molar-refractivity contribution in [1.82, 2.24) is 10.2 Å². The van der Waals surface area contributed by atoms with Gasteiger partial charge in [-0.2, -0.15) is 0 Å². The quantitative estimate of drug-likeness (QED) is 0.435. The van der Waals surface area contributed by atoms with Crippen LogP contribution < -0.4 is 15.4 Å². The standard InChI is InChI=1S/C24H20N4O3S/c1-15-4-3-5-18(14-15)22(30)25-19-10-6-16(7-11-19)21(29)26-24-28-27-23(32-24)17-8-12-20(31-2)13-9-17/h3-14H,1-2H3,(H,25,30)(H,26,28,29). The van der Waals surface area contributed by atoms with Crippen LogP contribution in [0.4, 0.5) is 10.8 Å². The molecule has 0 aliphatic heterocycles. The summed E-state index contributed by atoms with van der Waals surface area (Å²) >= 11 is 1.28. The number of amides is 2. The molecule has 0 aliphatic rings. The molecule has 2 N–H and O–H groups in total. The third kappa shape index (κ3) is 4.98. The summed E-state index contributed by atoms with van der Waals surface area (Å²) in [5, 5.41) is 14.9. The Morgan fingerprint density at radius 3 is 2.25 bits per heavy atom. The van der Waals surface area contributed by atoms with Crippen molar-refractivity contribution in [2.75, 3.05) is 17.7 Å². The van der Waals surface area contributed by atoms with Crippen LogP contribution in [0.1, 0.15) is 26.3 Å². The highest BCUT2D eigenvalue weighted by molar-refractivity contribution is 7.18. The summed E-state index contributed by atoms with van der Waals surface area (Å²) in [5.41, 5.74) is 3.52. The van der Waals surface area contributed by atoms with Crippen molar-refractivity contribution in [3.05, 3.63) is 89.5 Å². The molecule has 4 rings (SSSR count). The summed E-state index contributed by atoms with van der Waals surface area (Å²) in [6.07, 6.45) is 0. The molecule has 4 aromatic rings. The number of nitrogens with one attached hydrogen (secondary N) is 2. The van der Waals surface area contributed by atoms with E-state index in [-0.39, 0.29) is 11.8 Å². The fraction of sp³-hybridized carbons (Fsp3) is 0.0833. The number of aromatic nitrogens is 2. The maximum Gasteiger partial charge on any atom is 0.257 e. The van der Waals surface area contributed by atoms with Crippen molar-refractivity contribution in [3.8, 4) is 16.3 Å². The molecule has 0 radical (unpaired) electrons. The van der Waals surface area contributed by atoms with Gasteiger partial charge in [0.05, 0.1) is 7.11 Å². The second kappa shape index (κ2) is 9.40. The Kier molecular flexibility index (Phi) is 6.23. The van der Waals surface area contributed by atoms with Gasteiger partial charge in [0.15, 0.2) is 0 Å². The summed E-state index contributed by atoms with van der Waals surface area (Å²) in [6, 6.07) is 21.5. The van der Waals surface area contributed by atoms with Gasteiger partial charge in [0, 0.05) is 22.4 Å². The minimum atomic E-state index is -0.306. The number of anilines is 2. The van der Waals surface area contributed by atoms with E-state index in [9.17, 15) is 9.59 Å². The predicted octanol–water partition coefficient (Wildman–Crippen LogP) is 5.03. The minimum Gasteiger partial charge on any atom is -0.497 e. The van der Waals surface area contributed by atoms with Gasteiger partial charge in [0.1, 0.15) is 10.8 Å². The highest BCUT2D eigenvalue weighted by atomic mass is 32.1. The normalized spacial score (nSPS) is 10.4. The lowest BCUT2D eigenvalue weighted by Gasteiger charge is -2.07. The Bertz CT molecular complexity index is 1250. The number of carbonyl (C=O) groups excluding carboxylic acids is 2. The number of rotatable bonds is 6. The van der Waals surface area contributed by atoms with E-state index < -0.39 is 0 Å². The molecule has 0 spiro atoms. The first-order valence-electron chi connectivity index (χ1n) is 9.79. The van der Waals surface area contributed by atoms with E-state index in [0.717, 1.165) is 16.9 Å². The van der Waals surface area contributed by atoms with E-state index in [1.54, 1.807) is 37.4 Å². The number of ether oxygens (including phenoxy) is 1. The largest absolute Gasteiger partial charge is 0.497 e. The highest BCUT2D eigenvalue weighted by Gasteiger charge is 2.12. The second-order valence-electron chi connectivity index (χ2n) is 7.00. The van der Waals surface area contributed by atoms with Crippen molar-refractivity contribution in [2.24, 2.45) is 0 Å². The molecule has 0 saturated carbocycles. The zero-order chi connectivity index (χ0) is 22.5. The van der Waals surface area contributed by atoms with E-state index >= 15 is 0 Å². The first kappa shape index (κ1) is 21.2. The van der Waals surface area contributed by atoms with Gasteiger partial charge in [-0.1, -0.05) is 29.0 Å². The van der Waals surface area contributed by atoms with Crippen molar-refractivity contribution in [3.63, 3.8) is 0 Å². The third-order valence-electron chi connectivity index (χ3n) is 4.67. The Hall–Kier alpha value is -4.04. The van der Waals surface area contributed by atoms with Crippen LogP contribution >= 0.6 is 11.3 Å². The summed E-state index contributed by atoms with van der Waals surface area (Å²) in [7, 11) is 1.61.